The summed E-state index contributed by atoms with van der Waals surface area (Å²) in [4.78, 5) is 9.03. The van der Waals surface area contributed by atoms with E-state index in [9.17, 15) is 5.11 Å². The molecule has 1 aromatic heterocycles. The van der Waals surface area contributed by atoms with Crippen molar-refractivity contribution in [1.29, 1.82) is 0 Å². The maximum atomic E-state index is 10.6. The zero-order chi connectivity index (χ0) is 18.8. The van der Waals surface area contributed by atoms with E-state index in [1.807, 2.05) is 19.3 Å². The van der Waals surface area contributed by atoms with Crippen LogP contribution < -0.4 is 4.90 Å². The molecular formula is C22H28ClN3O. The summed E-state index contributed by atoms with van der Waals surface area (Å²) in [5, 5.41) is 11.4. The number of β-amino-alcohol motifs (C(OH)–C–C–N with tert-alkyl or cyclic N) is 1. The third kappa shape index (κ3) is 4.29. The lowest BCUT2D eigenvalue weighted by Crippen LogP contribution is -2.44. The molecule has 2 saturated heterocycles. The zero-order valence-electron chi connectivity index (χ0n) is 15.9. The zero-order valence-corrected chi connectivity index (χ0v) is 16.6. The fourth-order valence-corrected chi connectivity index (χ4v) is 4.65. The summed E-state index contributed by atoms with van der Waals surface area (Å²) in [7, 11) is 0. The van der Waals surface area contributed by atoms with E-state index in [1.54, 1.807) is 0 Å². The molecule has 0 bridgehead atoms. The van der Waals surface area contributed by atoms with Gasteiger partial charge in [0.1, 0.15) is 0 Å². The maximum absolute atomic E-state index is 10.6. The van der Waals surface area contributed by atoms with Crippen LogP contribution in [0.15, 0.2) is 42.7 Å². The van der Waals surface area contributed by atoms with Gasteiger partial charge in [0, 0.05) is 61.2 Å². The number of hydrogen-bond acceptors (Lipinski definition) is 4. The van der Waals surface area contributed by atoms with Gasteiger partial charge in [-0.05, 0) is 61.6 Å². The Morgan fingerprint density at radius 1 is 1.11 bits per heavy atom. The molecule has 1 aromatic carbocycles. The van der Waals surface area contributed by atoms with Gasteiger partial charge in [-0.3, -0.25) is 9.88 Å². The van der Waals surface area contributed by atoms with E-state index < -0.39 is 0 Å². The van der Waals surface area contributed by atoms with Crippen molar-refractivity contribution in [2.75, 3.05) is 31.1 Å². The number of anilines is 1. The fraction of sp³-hybridized carbons (Fsp3) is 0.500. The van der Waals surface area contributed by atoms with Crippen molar-refractivity contribution in [2.45, 2.75) is 38.3 Å². The first-order valence-corrected chi connectivity index (χ1v) is 10.3. The molecular weight excluding hydrogens is 358 g/mol. The van der Waals surface area contributed by atoms with Crippen molar-refractivity contribution >= 4 is 17.3 Å². The van der Waals surface area contributed by atoms with Crippen LogP contribution in [0.4, 0.5) is 5.69 Å². The van der Waals surface area contributed by atoms with Crippen LogP contribution in [0.3, 0.4) is 0 Å². The molecule has 0 spiro atoms. The monoisotopic (exact) mass is 385 g/mol. The molecule has 0 radical (unpaired) electrons. The van der Waals surface area contributed by atoms with Crippen LogP contribution in [0, 0.1) is 12.8 Å². The summed E-state index contributed by atoms with van der Waals surface area (Å²) in [6, 6.07) is 11.0. The minimum atomic E-state index is -0.230. The molecule has 4 nitrogen and oxygen atoms in total. The Hall–Kier alpha value is -1.62. The first kappa shape index (κ1) is 18.7. The normalized spacial score (nSPS) is 24.5. The molecule has 2 aliphatic rings. The van der Waals surface area contributed by atoms with Gasteiger partial charge < -0.3 is 10.0 Å². The molecule has 0 saturated carbocycles. The van der Waals surface area contributed by atoms with E-state index in [0.717, 1.165) is 56.0 Å². The van der Waals surface area contributed by atoms with Gasteiger partial charge in [-0.25, -0.2) is 0 Å². The van der Waals surface area contributed by atoms with E-state index >= 15 is 0 Å². The van der Waals surface area contributed by atoms with Gasteiger partial charge in [0.05, 0.1) is 6.10 Å². The van der Waals surface area contributed by atoms with E-state index in [1.165, 1.54) is 11.3 Å². The number of rotatable bonds is 4. The van der Waals surface area contributed by atoms with Crippen molar-refractivity contribution in [3.8, 4) is 0 Å². The lowest BCUT2D eigenvalue weighted by atomic mass is 9.97. The summed E-state index contributed by atoms with van der Waals surface area (Å²) >= 11 is 6.30. The Balaban J connectivity index is 1.32. The van der Waals surface area contributed by atoms with Crippen LogP contribution in [0.2, 0.25) is 5.02 Å². The summed E-state index contributed by atoms with van der Waals surface area (Å²) in [6.07, 6.45) is 6.65. The number of piperidine rings is 1. The highest BCUT2D eigenvalue weighted by atomic mass is 35.5. The number of aryl methyl sites for hydroxylation is 1. The average Bonchev–Trinajstić information content (AvgIpc) is 3.05. The predicted molar refractivity (Wildman–Crippen MR) is 110 cm³/mol. The van der Waals surface area contributed by atoms with Crippen LogP contribution >= 0.6 is 11.6 Å². The van der Waals surface area contributed by atoms with Crippen LogP contribution in [0.5, 0.6) is 0 Å². The summed E-state index contributed by atoms with van der Waals surface area (Å²) in [5.74, 6) is 0.321. The minimum absolute atomic E-state index is 0.230. The first-order chi connectivity index (χ1) is 13.1. The predicted octanol–water partition coefficient (Wildman–Crippen LogP) is 3.55. The fourth-order valence-electron chi connectivity index (χ4n) is 4.47. The van der Waals surface area contributed by atoms with Crippen molar-refractivity contribution < 1.29 is 5.11 Å². The van der Waals surface area contributed by atoms with Crippen LogP contribution in [-0.4, -0.2) is 53.3 Å². The van der Waals surface area contributed by atoms with Crippen molar-refractivity contribution in [3.05, 3.63) is 58.9 Å². The standard InChI is InChI=1S/C22H28ClN3O/c1-16-2-3-20(13-21(16)23)25-10-6-19(7-11-25)26-14-18(22(27)15-26)12-17-4-8-24-9-5-17/h2-5,8-9,13,18-19,22,27H,6-7,10-12,14-15H2,1H3/t18-,22-/m1/s1. The Bertz CT molecular complexity index is 761. The van der Waals surface area contributed by atoms with Crippen molar-refractivity contribution in [1.82, 2.24) is 9.88 Å². The molecule has 0 unspecified atom stereocenters. The highest BCUT2D eigenvalue weighted by Gasteiger charge is 2.36. The van der Waals surface area contributed by atoms with Gasteiger partial charge in [-0.2, -0.15) is 0 Å². The Morgan fingerprint density at radius 2 is 1.85 bits per heavy atom. The van der Waals surface area contributed by atoms with Gasteiger partial charge in [0.25, 0.3) is 0 Å². The van der Waals surface area contributed by atoms with Crippen molar-refractivity contribution in [2.24, 2.45) is 5.92 Å². The molecule has 5 heteroatoms. The number of benzene rings is 1. The average molecular weight is 386 g/mol. The van der Waals surface area contributed by atoms with E-state index in [2.05, 4.69) is 45.1 Å². The SMILES string of the molecule is Cc1ccc(N2CCC(N3C[C@@H](Cc4ccncc4)[C@H](O)C3)CC2)cc1Cl. The first-order valence-electron chi connectivity index (χ1n) is 9.92. The van der Waals surface area contributed by atoms with Crippen LogP contribution in [0.1, 0.15) is 24.0 Å². The number of aromatic nitrogens is 1. The molecule has 2 fully saturated rings. The summed E-state index contributed by atoms with van der Waals surface area (Å²) < 4.78 is 0. The van der Waals surface area contributed by atoms with Gasteiger partial charge in [0.2, 0.25) is 0 Å². The Morgan fingerprint density at radius 3 is 2.56 bits per heavy atom. The molecule has 144 valence electrons. The van der Waals surface area contributed by atoms with Crippen LogP contribution in [0.25, 0.3) is 0 Å². The number of likely N-dealkylation sites (tertiary alicyclic amines) is 1. The third-order valence-corrected chi connectivity index (χ3v) is 6.59. The van der Waals surface area contributed by atoms with E-state index in [-0.39, 0.29) is 6.10 Å². The lowest BCUT2D eigenvalue weighted by Gasteiger charge is -2.38. The highest BCUT2D eigenvalue weighted by Crippen LogP contribution is 2.30. The molecule has 0 amide bonds. The minimum Gasteiger partial charge on any atom is -0.391 e. The number of pyridine rings is 1. The van der Waals surface area contributed by atoms with Gasteiger partial charge in [-0.15, -0.1) is 0 Å². The third-order valence-electron chi connectivity index (χ3n) is 6.18. The smallest absolute Gasteiger partial charge is 0.0710 e. The van der Waals surface area contributed by atoms with Gasteiger partial charge in [-0.1, -0.05) is 17.7 Å². The molecule has 3 heterocycles. The van der Waals surface area contributed by atoms with Crippen molar-refractivity contribution in [3.63, 3.8) is 0 Å². The van der Waals surface area contributed by atoms with E-state index in [4.69, 9.17) is 11.6 Å². The molecule has 0 aliphatic carbocycles. The molecule has 27 heavy (non-hydrogen) atoms. The number of halogens is 1. The molecule has 2 atom stereocenters. The largest absolute Gasteiger partial charge is 0.391 e. The van der Waals surface area contributed by atoms with E-state index in [0.29, 0.717) is 12.0 Å². The second-order valence-electron chi connectivity index (χ2n) is 7.99. The molecule has 2 aromatic rings. The molecule has 1 N–H and O–H groups in total. The van der Waals surface area contributed by atoms with Crippen LogP contribution in [-0.2, 0) is 6.42 Å². The molecule has 4 rings (SSSR count). The topological polar surface area (TPSA) is 39.6 Å². The molecule has 2 aliphatic heterocycles. The lowest BCUT2D eigenvalue weighted by molar-refractivity contribution is 0.132. The number of aliphatic hydroxyl groups excluding tert-OH is 1. The number of nitrogens with zero attached hydrogens (tertiary/aromatic N) is 3. The summed E-state index contributed by atoms with van der Waals surface area (Å²) in [5.41, 5.74) is 3.62. The second-order valence-corrected chi connectivity index (χ2v) is 8.40. The van der Waals surface area contributed by atoms with Gasteiger partial charge >= 0.3 is 0 Å². The maximum Gasteiger partial charge on any atom is 0.0710 e. The highest BCUT2D eigenvalue weighted by molar-refractivity contribution is 6.31. The quantitative estimate of drug-likeness (QED) is 0.873. The number of aliphatic hydroxyl groups is 1. The number of hydrogen-bond donors (Lipinski definition) is 1. The summed E-state index contributed by atoms with van der Waals surface area (Å²) in [6.45, 7) is 5.93. The second kappa shape index (κ2) is 8.17. The Labute approximate surface area is 166 Å². The Kier molecular flexibility index (Phi) is 5.67. The van der Waals surface area contributed by atoms with Gasteiger partial charge in [0.15, 0.2) is 0 Å².